The van der Waals surface area contributed by atoms with E-state index in [0.29, 0.717) is 10.7 Å². The molecule has 0 saturated heterocycles. The number of nitrogens with one attached hydrogen (secondary N) is 1. The van der Waals surface area contributed by atoms with E-state index in [2.05, 4.69) is 5.32 Å². The second-order valence-electron chi connectivity index (χ2n) is 3.80. The molecular weight excluding hydrogens is 258 g/mol. The maximum Gasteiger partial charge on any atom is 0.332 e. The fourth-order valence-electron chi connectivity index (χ4n) is 1.23. The molecule has 1 atom stereocenters. The number of carboxylic acids is 1. The number of carbonyl (C=O) groups is 2. The number of anilines is 1. The third-order valence-corrected chi connectivity index (χ3v) is 2.51. The van der Waals surface area contributed by atoms with Gasteiger partial charge in [0.2, 0.25) is 5.91 Å². The van der Waals surface area contributed by atoms with Gasteiger partial charge in [-0.05, 0) is 37.6 Å². The lowest BCUT2D eigenvalue weighted by Crippen LogP contribution is -2.26. The highest BCUT2D eigenvalue weighted by Gasteiger charge is 2.13. The Morgan fingerprint density at radius 1 is 1.50 bits per heavy atom. The summed E-state index contributed by atoms with van der Waals surface area (Å²) in [5, 5.41) is 11.8. The van der Waals surface area contributed by atoms with Crippen molar-refractivity contribution < 1.29 is 19.4 Å². The molecule has 2 N–H and O–H groups in total. The van der Waals surface area contributed by atoms with Gasteiger partial charge in [0.1, 0.15) is 6.61 Å². The predicted octanol–water partition coefficient (Wildman–Crippen LogP) is 2.08. The van der Waals surface area contributed by atoms with Gasteiger partial charge in [0.05, 0.1) is 0 Å². The third-order valence-electron chi connectivity index (χ3n) is 2.27. The fraction of sp³-hybridized carbons (Fsp3) is 0.333. The van der Waals surface area contributed by atoms with Crippen molar-refractivity contribution in [2.24, 2.45) is 0 Å². The van der Waals surface area contributed by atoms with E-state index in [1.165, 1.54) is 6.92 Å². The van der Waals surface area contributed by atoms with Gasteiger partial charge in [-0.1, -0.05) is 11.6 Å². The Morgan fingerprint density at radius 3 is 2.72 bits per heavy atom. The van der Waals surface area contributed by atoms with E-state index in [1.807, 2.05) is 6.92 Å². The lowest BCUT2D eigenvalue weighted by Gasteiger charge is -2.10. The standard InChI is InChI=1S/C12H14ClNO4/c1-7-5-9(13)3-4-10(7)14-11(15)6-18-8(2)12(16)17/h3-5,8H,6H2,1-2H3,(H,14,15)(H,16,17). The zero-order chi connectivity index (χ0) is 13.7. The van der Waals surface area contributed by atoms with Crippen molar-refractivity contribution in [3.05, 3.63) is 28.8 Å². The second kappa shape index (κ2) is 6.37. The fourth-order valence-corrected chi connectivity index (χ4v) is 1.45. The average Bonchev–Trinajstić information content (AvgIpc) is 2.29. The molecule has 0 aliphatic rings. The molecule has 1 aromatic carbocycles. The summed E-state index contributed by atoms with van der Waals surface area (Å²) >= 11 is 5.79. The number of aryl methyl sites for hydroxylation is 1. The molecule has 0 radical (unpaired) electrons. The van der Waals surface area contributed by atoms with Crippen LogP contribution in [0.2, 0.25) is 5.02 Å². The third kappa shape index (κ3) is 4.35. The molecule has 6 heteroatoms. The number of aliphatic carboxylic acids is 1. The first-order valence-corrected chi connectivity index (χ1v) is 5.68. The van der Waals surface area contributed by atoms with E-state index < -0.39 is 18.0 Å². The van der Waals surface area contributed by atoms with Crippen LogP contribution in [-0.4, -0.2) is 29.7 Å². The Morgan fingerprint density at radius 2 is 2.17 bits per heavy atom. The van der Waals surface area contributed by atoms with Gasteiger partial charge in [-0.3, -0.25) is 4.79 Å². The van der Waals surface area contributed by atoms with E-state index in [1.54, 1.807) is 18.2 Å². The molecule has 18 heavy (non-hydrogen) atoms. The molecule has 1 rings (SSSR count). The zero-order valence-corrected chi connectivity index (χ0v) is 10.8. The molecule has 5 nitrogen and oxygen atoms in total. The van der Waals surface area contributed by atoms with Crippen molar-refractivity contribution in [3.63, 3.8) is 0 Å². The minimum atomic E-state index is -1.11. The molecule has 0 aliphatic heterocycles. The Labute approximate surface area is 110 Å². The summed E-state index contributed by atoms with van der Waals surface area (Å²) in [5.74, 6) is -1.51. The van der Waals surface area contributed by atoms with Crippen LogP contribution in [0.5, 0.6) is 0 Å². The SMILES string of the molecule is Cc1cc(Cl)ccc1NC(=O)COC(C)C(=O)O. The van der Waals surface area contributed by atoms with Crippen LogP contribution in [0.25, 0.3) is 0 Å². The van der Waals surface area contributed by atoms with E-state index >= 15 is 0 Å². The van der Waals surface area contributed by atoms with E-state index in [0.717, 1.165) is 5.56 Å². The Hall–Kier alpha value is -1.59. The monoisotopic (exact) mass is 271 g/mol. The molecule has 0 heterocycles. The zero-order valence-electron chi connectivity index (χ0n) is 10.1. The molecule has 0 saturated carbocycles. The molecule has 1 aromatic rings. The summed E-state index contributed by atoms with van der Waals surface area (Å²) < 4.78 is 4.86. The Balaban J connectivity index is 2.52. The number of halogens is 1. The minimum absolute atomic E-state index is 0.310. The highest BCUT2D eigenvalue weighted by molar-refractivity contribution is 6.30. The van der Waals surface area contributed by atoms with Crippen molar-refractivity contribution in [1.29, 1.82) is 0 Å². The number of hydrogen-bond donors (Lipinski definition) is 2. The molecule has 0 aromatic heterocycles. The Kier molecular flexibility index (Phi) is 5.12. The van der Waals surface area contributed by atoms with Gasteiger partial charge in [-0.25, -0.2) is 4.79 Å². The first-order chi connectivity index (χ1) is 8.40. The van der Waals surface area contributed by atoms with Gasteiger partial charge < -0.3 is 15.2 Å². The summed E-state index contributed by atoms with van der Waals surface area (Å²) in [5.41, 5.74) is 1.44. The highest BCUT2D eigenvalue weighted by Crippen LogP contribution is 2.19. The van der Waals surface area contributed by atoms with Gasteiger partial charge in [-0.2, -0.15) is 0 Å². The molecule has 0 fully saturated rings. The van der Waals surface area contributed by atoms with Crippen LogP contribution in [-0.2, 0) is 14.3 Å². The number of amides is 1. The topological polar surface area (TPSA) is 75.6 Å². The average molecular weight is 272 g/mol. The molecule has 0 spiro atoms. The normalized spacial score (nSPS) is 11.9. The lowest BCUT2D eigenvalue weighted by molar-refractivity contribution is -0.150. The van der Waals surface area contributed by atoms with Crippen molar-refractivity contribution >= 4 is 29.2 Å². The molecule has 0 bridgehead atoms. The van der Waals surface area contributed by atoms with Gasteiger partial charge in [0.25, 0.3) is 0 Å². The molecule has 98 valence electrons. The van der Waals surface area contributed by atoms with Crippen LogP contribution in [0.1, 0.15) is 12.5 Å². The number of rotatable bonds is 5. The van der Waals surface area contributed by atoms with E-state index in [9.17, 15) is 9.59 Å². The van der Waals surface area contributed by atoms with Crippen LogP contribution in [0, 0.1) is 6.92 Å². The van der Waals surface area contributed by atoms with Crippen LogP contribution < -0.4 is 5.32 Å². The van der Waals surface area contributed by atoms with Crippen LogP contribution >= 0.6 is 11.6 Å². The number of carboxylic acid groups (broad SMARTS) is 1. The van der Waals surface area contributed by atoms with Crippen molar-refractivity contribution in [3.8, 4) is 0 Å². The summed E-state index contributed by atoms with van der Waals surface area (Å²) in [6.07, 6.45) is -1.01. The van der Waals surface area contributed by atoms with Gasteiger partial charge in [0, 0.05) is 10.7 Å². The predicted molar refractivity (Wildman–Crippen MR) is 67.9 cm³/mol. The Bertz CT molecular complexity index is 461. The summed E-state index contributed by atoms with van der Waals surface area (Å²) in [6.45, 7) is 2.86. The minimum Gasteiger partial charge on any atom is -0.479 e. The summed E-state index contributed by atoms with van der Waals surface area (Å²) in [6, 6.07) is 5.05. The smallest absolute Gasteiger partial charge is 0.332 e. The maximum absolute atomic E-state index is 11.5. The summed E-state index contributed by atoms with van der Waals surface area (Å²) in [4.78, 5) is 22.0. The van der Waals surface area contributed by atoms with Crippen molar-refractivity contribution in [2.45, 2.75) is 20.0 Å². The highest BCUT2D eigenvalue weighted by atomic mass is 35.5. The molecule has 0 aliphatic carbocycles. The number of hydrogen-bond acceptors (Lipinski definition) is 3. The van der Waals surface area contributed by atoms with E-state index in [4.69, 9.17) is 21.4 Å². The number of ether oxygens (including phenoxy) is 1. The van der Waals surface area contributed by atoms with Gasteiger partial charge in [0.15, 0.2) is 6.10 Å². The van der Waals surface area contributed by atoms with Crippen molar-refractivity contribution in [2.75, 3.05) is 11.9 Å². The second-order valence-corrected chi connectivity index (χ2v) is 4.24. The summed E-state index contributed by atoms with van der Waals surface area (Å²) in [7, 11) is 0. The van der Waals surface area contributed by atoms with Gasteiger partial charge in [-0.15, -0.1) is 0 Å². The maximum atomic E-state index is 11.5. The molecular formula is C12H14ClNO4. The van der Waals surface area contributed by atoms with Crippen LogP contribution in [0.3, 0.4) is 0 Å². The molecule has 1 unspecified atom stereocenters. The lowest BCUT2D eigenvalue weighted by atomic mass is 10.2. The van der Waals surface area contributed by atoms with E-state index in [-0.39, 0.29) is 6.61 Å². The number of benzene rings is 1. The van der Waals surface area contributed by atoms with Gasteiger partial charge >= 0.3 is 5.97 Å². The van der Waals surface area contributed by atoms with Crippen LogP contribution in [0.4, 0.5) is 5.69 Å². The van der Waals surface area contributed by atoms with Crippen LogP contribution in [0.15, 0.2) is 18.2 Å². The largest absolute Gasteiger partial charge is 0.479 e. The number of carbonyl (C=O) groups excluding carboxylic acids is 1. The first kappa shape index (κ1) is 14.5. The quantitative estimate of drug-likeness (QED) is 0.860. The first-order valence-electron chi connectivity index (χ1n) is 5.30. The van der Waals surface area contributed by atoms with Crippen molar-refractivity contribution in [1.82, 2.24) is 0 Å². The molecule has 1 amide bonds.